The number of likely N-dealkylation sites (tertiary alicyclic amines) is 1. The van der Waals surface area contributed by atoms with Gasteiger partial charge in [-0.25, -0.2) is 4.79 Å². The molecule has 1 fully saturated rings. The number of nitrogens with zero attached hydrogens (tertiary/aromatic N) is 1. The molecule has 0 aromatic heterocycles. The predicted molar refractivity (Wildman–Crippen MR) is 153 cm³/mol. The van der Waals surface area contributed by atoms with E-state index in [0.717, 1.165) is 11.1 Å². The molecule has 0 radical (unpaired) electrons. The van der Waals surface area contributed by atoms with Gasteiger partial charge in [0.05, 0.1) is 6.04 Å². The van der Waals surface area contributed by atoms with Gasteiger partial charge in [-0.05, 0) is 58.6 Å². The van der Waals surface area contributed by atoms with Crippen LogP contribution in [0.5, 0.6) is 0 Å². The summed E-state index contributed by atoms with van der Waals surface area (Å²) in [6, 6.07) is 17.5. The highest BCUT2D eigenvalue weighted by Crippen LogP contribution is 2.20. The fourth-order valence-electron chi connectivity index (χ4n) is 4.64. The number of carbonyl (C=O) groups excluding carboxylic acids is 4. The van der Waals surface area contributed by atoms with Crippen molar-refractivity contribution in [2.45, 2.75) is 77.6 Å². The molecular formula is C31H42N4O5. The van der Waals surface area contributed by atoms with Crippen LogP contribution in [0.25, 0.3) is 0 Å². The van der Waals surface area contributed by atoms with Crippen molar-refractivity contribution in [3.8, 4) is 0 Å². The molecule has 9 nitrogen and oxygen atoms in total. The maximum atomic E-state index is 13.5. The zero-order chi connectivity index (χ0) is 29.3. The van der Waals surface area contributed by atoms with Crippen molar-refractivity contribution in [1.29, 1.82) is 0 Å². The molecule has 2 aromatic carbocycles. The Morgan fingerprint density at radius 2 is 1.45 bits per heavy atom. The van der Waals surface area contributed by atoms with Crippen molar-refractivity contribution < 1.29 is 23.9 Å². The van der Waals surface area contributed by atoms with Crippen LogP contribution in [0.1, 0.15) is 64.6 Å². The number of hydrogen-bond donors (Lipinski definition) is 3. The number of nitrogens with one attached hydrogen (secondary N) is 3. The van der Waals surface area contributed by atoms with E-state index >= 15 is 0 Å². The van der Waals surface area contributed by atoms with Crippen LogP contribution in [0.15, 0.2) is 60.7 Å². The van der Waals surface area contributed by atoms with E-state index in [1.807, 2.05) is 67.6 Å². The normalized spacial score (nSPS) is 16.3. The molecule has 0 aliphatic carbocycles. The quantitative estimate of drug-likeness (QED) is 0.440. The van der Waals surface area contributed by atoms with Gasteiger partial charge < -0.3 is 25.6 Å². The molecule has 9 heteroatoms. The van der Waals surface area contributed by atoms with Crippen LogP contribution in [0, 0.1) is 5.92 Å². The monoisotopic (exact) mass is 550 g/mol. The number of hydrogen-bond acceptors (Lipinski definition) is 5. The number of benzene rings is 2. The van der Waals surface area contributed by atoms with Crippen LogP contribution in [0.2, 0.25) is 0 Å². The van der Waals surface area contributed by atoms with E-state index in [4.69, 9.17) is 4.74 Å². The van der Waals surface area contributed by atoms with Gasteiger partial charge in [-0.15, -0.1) is 0 Å². The van der Waals surface area contributed by atoms with E-state index in [-0.39, 0.29) is 29.7 Å². The third-order valence-electron chi connectivity index (χ3n) is 6.86. The minimum absolute atomic E-state index is 0.180. The maximum absolute atomic E-state index is 13.5. The van der Waals surface area contributed by atoms with Crippen molar-refractivity contribution in [2.24, 2.45) is 5.92 Å². The number of amides is 4. The maximum Gasteiger partial charge on any atom is 0.408 e. The van der Waals surface area contributed by atoms with Crippen molar-refractivity contribution >= 4 is 23.8 Å². The zero-order valence-corrected chi connectivity index (χ0v) is 24.1. The van der Waals surface area contributed by atoms with Crippen molar-refractivity contribution in [1.82, 2.24) is 20.9 Å². The summed E-state index contributed by atoms with van der Waals surface area (Å²) in [4.78, 5) is 53.3. The van der Waals surface area contributed by atoms with E-state index in [2.05, 4.69) is 16.0 Å². The lowest BCUT2D eigenvalue weighted by atomic mass is 9.94. The summed E-state index contributed by atoms with van der Waals surface area (Å²) in [5.41, 5.74) is 1.21. The Hall–Kier alpha value is -3.88. The fourth-order valence-corrected chi connectivity index (χ4v) is 4.64. The molecule has 216 valence electrons. The Labute approximate surface area is 237 Å². The number of carbonyl (C=O) groups is 4. The predicted octanol–water partition coefficient (Wildman–Crippen LogP) is 3.74. The summed E-state index contributed by atoms with van der Waals surface area (Å²) in [7, 11) is 0. The summed E-state index contributed by atoms with van der Waals surface area (Å²) in [5, 5.41) is 8.51. The second-order valence-electron chi connectivity index (χ2n) is 11.4. The lowest BCUT2D eigenvalue weighted by Crippen LogP contribution is -2.54. The van der Waals surface area contributed by atoms with Crippen LogP contribution in [0.3, 0.4) is 0 Å². The van der Waals surface area contributed by atoms with E-state index in [1.54, 1.807) is 32.6 Å². The molecule has 4 amide bonds. The highest BCUT2D eigenvalue weighted by atomic mass is 16.6. The molecule has 40 heavy (non-hydrogen) atoms. The number of ether oxygens (including phenoxy) is 1. The Balaban J connectivity index is 1.53. The van der Waals surface area contributed by atoms with Gasteiger partial charge in [-0.1, -0.05) is 60.7 Å². The van der Waals surface area contributed by atoms with Crippen LogP contribution >= 0.6 is 0 Å². The molecule has 3 N–H and O–H groups in total. The fraction of sp³-hybridized carbons (Fsp3) is 0.484. The van der Waals surface area contributed by atoms with Crippen molar-refractivity contribution in [3.63, 3.8) is 0 Å². The molecule has 0 bridgehead atoms. The first-order valence-electron chi connectivity index (χ1n) is 13.9. The van der Waals surface area contributed by atoms with Gasteiger partial charge in [-0.3, -0.25) is 14.4 Å². The minimum atomic E-state index is -0.794. The lowest BCUT2D eigenvalue weighted by Gasteiger charge is -2.34. The first-order valence-corrected chi connectivity index (χ1v) is 13.9. The molecule has 1 aliphatic rings. The third-order valence-corrected chi connectivity index (χ3v) is 6.86. The zero-order valence-electron chi connectivity index (χ0n) is 24.1. The van der Waals surface area contributed by atoms with E-state index in [9.17, 15) is 19.2 Å². The van der Waals surface area contributed by atoms with Crippen molar-refractivity contribution in [2.75, 3.05) is 13.1 Å². The highest BCUT2D eigenvalue weighted by molar-refractivity contribution is 5.89. The first-order chi connectivity index (χ1) is 18.9. The summed E-state index contributed by atoms with van der Waals surface area (Å²) < 4.78 is 5.39. The summed E-state index contributed by atoms with van der Waals surface area (Å²) >= 11 is 0. The molecule has 1 aliphatic heterocycles. The van der Waals surface area contributed by atoms with Crippen molar-refractivity contribution in [3.05, 3.63) is 71.8 Å². The topological polar surface area (TPSA) is 117 Å². The summed E-state index contributed by atoms with van der Waals surface area (Å²) in [6.07, 6.45) is 0.617. The molecule has 2 aromatic rings. The Morgan fingerprint density at radius 1 is 0.875 bits per heavy atom. The number of alkyl carbamates (subject to hydrolysis) is 1. The summed E-state index contributed by atoms with van der Waals surface area (Å²) in [6.45, 7) is 9.63. The standard InChI is InChI=1S/C31H42N4O5/c1-21(24-14-10-7-11-15-24)32-27(36)22(2)33-28(37)25-16-18-35(19-17-25)29(38)26(20-23-12-8-6-9-13-23)34-30(39)40-31(3,4)5/h6-15,21-22,25-26H,16-20H2,1-5H3,(H,32,36)(H,33,37)(H,34,39). The van der Waals surface area contributed by atoms with E-state index < -0.39 is 23.8 Å². The lowest BCUT2D eigenvalue weighted by molar-refractivity contribution is -0.138. The second-order valence-corrected chi connectivity index (χ2v) is 11.4. The van der Waals surface area contributed by atoms with Crippen LogP contribution in [0.4, 0.5) is 4.79 Å². The molecule has 3 rings (SSSR count). The van der Waals surface area contributed by atoms with Gasteiger partial charge >= 0.3 is 6.09 Å². The van der Waals surface area contributed by atoms with E-state index in [1.165, 1.54) is 0 Å². The molecular weight excluding hydrogens is 508 g/mol. The number of piperidine rings is 1. The smallest absolute Gasteiger partial charge is 0.408 e. The van der Waals surface area contributed by atoms with Gasteiger partial charge in [0.25, 0.3) is 0 Å². The Morgan fingerprint density at radius 3 is 2.02 bits per heavy atom. The van der Waals surface area contributed by atoms with Gasteiger partial charge in [0.2, 0.25) is 17.7 Å². The number of rotatable bonds is 9. The van der Waals surface area contributed by atoms with Crippen LogP contribution < -0.4 is 16.0 Å². The Kier molecular flexibility index (Phi) is 10.7. The second kappa shape index (κ2) is 14.0. The summed E-state index contributed by atoms with van der Waals surface area (Å²) in [5.74, 6) is -0.974. The van der Waals surface area contributed by atoms with Gasteiger partial charge in [0.1, 0.15) is 17.7 Å². The molecule has 3 atom stereocenters. The average molecular weight is 551 g/mol. The molecule has 0 spiro atoms. The first kappa shape index (κ1) is 30.7. The third kappa shape index (κ3) is 9.39. The van der Waals surface area contributed by atoms with Gasteiger partial charge in [-0.2, -0.15) is 0 Å². The largest absolute Gasteiger partial charge is 0.444 e. The molecule has 1 heterocycles. The van der Waals surface area contributed by atoms with E-state index in [0.29, 0.717) is 32.4 Å². The minimum Gasteiger partial charge on any atom is -0.444 e. The van der Waals surface area contributed by atoms with Crippen LogP contribution in [-0.4, -0.2) is 59.5 Å². The average Bonchev–Trinajstić information content (AvgIpc) is 2.92. The highest BCUT2D eigenvalue weighted by Gasteiger charge is 2.33. The molecule has 0 saturated carbocycles. The van der Waals surface area contributed by atoms with Crippen LogP contribution in [-0.2, 0) is 25.5 Å². The molecule has 1 saturated heterocycles. The Bertz CT molecular complexity index is 1140. The van der Waals surface area contributed by atoms with Gasteiger partial charge in [0.15, 0.2) is 0 Å². The molecule has 3 unspecified atom stereocenters. The SMILES string of the molecule is CC(NC(=O)C1CCN(C(=O)C(Cc2ccccc2)NC(=O)OC(C)(C)C)CC1)C(=O)NC(C)c1ccccc1. The van der Waals surface area contributed by atoms with Gasteiger partial charge in [0, 0.05) is 25.4 Å².